The number of likely N-dealkylation sites (N-methyl/N-ethyl adjacent to an activating group) is 2. The highest BCUT2D eigenvalue weighted by molar-refractivity contribution is 4.81. The van der Waals surface area contributed by atoms with Gasteiger partial charge in [-0.3, -0.25) is 0 Å². The van der Waals surface area contributed by atoms with Crippen LogP contribution < -0.4 is 5.32 Å². The molecule has 1 aliphatic heterocycles. The van der Waals surface area contributed by atoms with Crippen LogP contribution in [-0.2, 0) is 0 Å². The van der Waals surface area contributed by atoms with Gasteiger partial charge in [-0.15, -0.1) is 6.58 Å². The maximum absolute atomic E-state index is 3.71. The molecule has 0 spiro atoms. The molecule has 3 nitrogen and oxygen atoms in total. The molecule has 0 amide bonds. The molecule has 1 fully saturated rings. The molecule has 16 heavy (non-hydrogen) atoms. The van der Waals surface area contributed by atoms with Gasteiger partial charge in [-0.25, -0.2) is 0 Å². The highest BCUT2D eigenvalue weighted by Crippen LogP contribution is 2.15. The lowest BCUT2D eigenvalue weighted by Gasteiger charge is -2.30. The highest BCUT2D eigenvalue weighted by atomic mass is 15.2. The number of nitrogens with one attached hydrogen (secondary N) is 1. The normalized spacial score (nSPS) is 23.9. The summed E-state index contributed by atoms with van der Waals surface area (Å²) in [4.78, 5) is 4.95. The van der Waals surface area contributed by atoms with Gasteiger partial charge in [-0.2, -0.15) is 0 Å². The molecule has 0 aromatic heterocycles. The molecule has 1 aliphatic rings. The van der Waals surface area contributed by atoms with Gasteiger partial charge in [0.1, 0.15) is 0 Å². The molecule has 2 unspecified atom stereocenters. The minimum Gasteiger partial charge on any atom is -0.312 e. The standard InChI is InChI=1S/C13H27N3/c1-5-8-14-10-12(2)16(4)11-13-7-6-9-15(13)3/h5,12-14H,1,6-11H2,2-4H3. The van der Waals surface area contributed by atoms with Crippen LogP contribution in [0.5, 0.6) is 0 Å². The van der Waals surface area contributed by atoms with Crippen LogP contribution in [0, 0.1) is 0 Å². The lowest BCUT2D eigenvalue weighted by molar-refractivity contribution is 0.182. The van der Waals surface area contributed by atoms with Crippen LogP contribution >= 0.6 is 0 Å². The Kier molecular flexibility index (Phi) is 6.03. The van der Waals surface area contributed by atoms with Crippen molar-refractivity contribution in [3.8, 4) is 0 Å². The van der Waals surface area contributed by atoms with Gasteiger partial charge in [0.2, 0.25) is 0 Å². The third-order valence-electron chi connectivity index (χ3n) is 3.65. The van der Waals surface area contributed by atoms with Crippen molar-refractivity contribution < 1.29 is 0 Å². The van der Waals surface area contributed by atoms with E-state index in [1.807, 2.05) is 6.08 Å². The van der Waals surface area contributed by atoms with Crippen molar-refractivity contribution in [2.24, 2.45) is 0 Å². The average Bonchev–Trinajstić information content (AvgIpc) is 2.64. The number of rotatable bonds is 7. The van der Waals surface area contributed by atoms with Gasteiger partial charge in [0.25, 0.3) is 0 Å². The van der Waals surface area contributed by atoms with Crippen molar-refractivity contribution in [1.29, 1.82) is 0 Å². The predicted octanol–water partition coefficient (Wildman–Crippen LogP) is 1.18. The highest BCUT2D eigenvalue weighted by Gasteiger charge is 2.23. The predicted molar refractivity (Wildman–Crippen MR) is 70.8 cm³/mol. The number of nitrogens with zero attached hydrogens (tertiary/aromatic N) is 2. The first-order valence-corrected chi connectivity index (χ1v) is 6.37. The fraction of sp³-hybridized carbons (Fsp3) is 0.846. The van der Waals surface area contributed by atoms with Gasteiger partial charge in [0.05, 0.1) is 0 Å². The summed E-state index contributed by atoms with van der Waals surface area (Å²) in [5.41, 5.74) is 0. The monoisotopic (exact) mass is 225 g/mol. The third-order valence-corrected chi connectivity index (χ3v) is 3.65. The Hall–Kier alpha value is -0.380. The first-order valence-electron chi connectivity index (χ1n) is 6.37. The zero-order chi connectivity index (χ0) is 12.0. The SMILES string of the molecule is C=CCNCC(C)N(C)CC1CCCN1C. The summed E-state index contributed by atoms with van der Waals surface area (Å²) in [6.45, 7) is 10.4. The Balaban J connectivity index is 2.22. The maximum Gasteiger partial charge on any atom is 0.0220 e. The Morgan fingerprint density at radius 1 is 1.62 bits per heavy atom. The molecule has 0 aromatic rings. The van der Waals surface area contributed by atoms with Crippen molar-refractivity contribution in [3.05, 3.63) is 12.7 Å². The minimum atomic E-state index is 0.592. The molecule has 0 aromatic carbocycles. The molecule has 1 heterocycles. The van der Waals surface area contributed by atoms with Crippen LogP contribution in [0.4, 0.5) is 0 Å². The van der Waals surface area contributed by atoms with Gasteiger partial charge in [0.15, 0.2) is 0 Å². The smallest absolute Gasteiger partial charge is 0.0220 e. The van der Waals surface area contributed by atoms with Crippen LogP contribution in [0.15, 0.2) is 12.7 Å². The Morgan fingerprint density at radius 3 is 2.94 bits per heavy atom. The summed E-state index contributed by atoms with van der Waals surface area (Å²) in [6, 6.07) is 1.35. The van der Waals surface area contributed by atoms with E-state index in [4.69, 9.17) is 0 Å². The summed E-state index contributed by atoms with van der Waals surface area (Å²) >= 11 is 0. The van der Waals surface area contributed by atoms with E-state index < -0.39 is 0 Å². The molecule has 2 atom stereocenters. The van der Waals surface area contributed by atoms with E-state index in [0.29, 0.717) is 6.04 Å². The van der Waals surface area contributed by atoms with Crippen LogP contribution in [0.3, 0.4) is 0 Å². The second-order valence-corrected chi connectivity index (χ2v) is 5.01. The van der Waals surface area contributed by atoms with Gasteiger partial charge >= 0.3 is 0 Å². The number of hydrogen-bond donors (Lipinski definition) is 1. The van der Waals surface area contributed by atoms with Gasteiger partial charge in [-0.1, -0.05) is 6.08 Å². The molecule has 1 N–H and O–H groups in total. The van der Waals surface area contributed by atoms with Gasteiger partial charge in [0, 0.05) is 31.7 Å². The number of hydrogen-bond acceptors (Lipinski definition) is 3. The Morgan fingerprint density at radius 2 is 2.38 bits per heavy atom. The number of likely N-dealkylation sites (tertiary alicyclic amines) is 1. The summed E-state index contributed by atoms with van der Waals surface area (Å²) < 4.78 is 0. The summed E-state index contributed by atoms with van der Waals surface area (Å²) in [5.74, 6) is 0. The molecular formula is C13H27N3. The second kappa shape index (κ2) is 7.05. The van der Waals surface area contributed by atoms with E-state index in [1.54, 1.807) is 0 Å². The first kappa shape index (κ1) is 13.7. The molecule has 0 saturated carbocycles. The topological polar surface area (TPSA) is 18.5 Å². The lowest BCUT2D eigenvalue weighted by Crippen LogP contribution is -2.44. The van der Waals surface area contributed by atoms with E-state index in [-0.39, 0.29) is 0 Å². The minimum absolute atomic E-state index is 0.592. The molecule has 94 valence electrons. The van der Waals surface area contributed by atoms with E-state index in [1.165, 1.54) is 25.9 Å². The molecule has 1 rings (SSSR count). The van der Waals surface area contributed by atoms with E-state index >= 15 is 0 Å². The van der Waals surface area contributed by atoms with Crippen molar-refractivity contribution in [1.82, 2.24) is 15.1 Å². The lowest BCUT2D eigenvalue weighted by atomic mass is 10.2. The van der Waals surface area contributed by atoms with E-state index in [0.717, 1.165) is 19.1 Å². The van der Waals surface area contributed by atoms with E-state index in [2.05, 4.69) is 42.7 Å². The summed E-state index contributed by atoms with van der Waals surface area (Å²) in [6.07, 6.45) is 4.63. The molecule has 1 saturated heterocycles. The fourth-order valence-corrected chi connectivity index (χ4v) is 2.27. The molecule has 0 bridgehead atoms. The zero-order valence-corrected chi connectivity index (χ0v) is 11.1. The fourth-order valence-electron chi connectivity index (χ4n) is 2.27. The van der Waals surface area contributed by atoms with Crippen molar-refractivity contribution >= 4 is 0 Å². The van der Waals surface area contributed by atoms with Gasteiger partial charge < -0.3 is 15.1 Å². The average molecular weight is 225 g/mol. The largest absolute Gasteiger partial charge is 0.312 e. The molecule has 0 radical (unpaired) electrons. The van der Waals surface area contributed by atoms with Crippen LogP contribution in [0.25, 0.3) is 0 Å². The van der Waals surface area contributed by atoms with Gasteiger partial charge in [-0.05, 0) is 40.4 Å². The summed E-state index contributed by atoms with van der Waals surface area (Å²) in [5, 5.41) is 3.38. The summed E-state index contributed by atoms with van der Waals surface area (Å²) in [7, 11) is 4.47. The van der Waals surface area contributed by atoms with Crippen molar-refractivity contribution in [2.45, 2.75) is 31.8 Å². The van der Waals surface area contributed by atoms with Crippen LogP contribution in [0.2, 0.25) is 0 Å². The Bertz CT molecular complexity index is 205. The van der Waals surface area contributed by atoms with Crippen LogP contribution in [0.1, 0.15) is 19.8 Å². The van der Waals surface area contributed by atoms with Crippen LogP contribution in [-0.4, -0.2) is 62.2 Å². The third kappa shape index (κ3) is 4.24. The first-order chi connectivity index (χ1) is 7.65. The quantitative estimate of drug-likeness (QED) is 0.518. The molecule has 0 aliphatic carbocycles. The molecular weight excluding hydrogens is 198 g/mol. The maximum atomic E-state index is 3.71. The van der Waals surface area contributed by atoms with Crippen molar-refractivity contribution in [3.63, 3.8) is 0 Å². The second-order valence-electron chi connectivity index (χ2n) is 5.01. The van der Waals surface area contributed by atoms with E-state index in [9.17, 15) is 0 Å². The zero-order valence-electron chi connectivity index (χ0n) is 11.1. The Labute approximate surface area is 100 Å². The van der Waals surface area contributed by atoms with Crippen molar-refractivity contribution in [2.75, 3.05) is 40.3 Å². The molecule has 3 heteroatoms.